The van der Waals surface area contributed by atoms with Crippen molar-refractivity contribution in [3.8, 4) is 0 Å². The smallest absolute Gasteiger partial charge is 0.211 e. The molecule has 1 N–H and O–H groups in total. The predicted octanol–water partition coefficient (Wildman–Crippen LogP) is 1.83. The molecule has 19 heavy (non-hydrogen) atoms. The first-order valence-corrected chi connectivity index (χ1v) is 9.46. The van der Waals surface area contributed by atoms with E-state index in [9.17, 15) is 8.42 Å². The molecule has 0 amide bonds. The Bertz CT molecular complexity index is 390. The molecule has 0 aromatic carbocycles. The van der Waals surface area contributed by atoms with Gasteiger partial charge in [-0.15, -0.1) is 0 Å². The van der Waals surface area contributed by atoms with Crippen molar-refractivity contribution >= 4 is 10.0 Å². The molecule has 1 aliphatic heterocycles. The third-order valence-electron chi connectivity index (χ3n) is 4.62. The van der Waals surface area contributed by atoms with Crippen LogP contribution in [0.5, 0.6) is 0 Å². The molecule has 1 aliphatic carbocycles. The summed E-state index contributed by atoms with van der Waals surface area (Å²) in [4.78, 5) is 0. The Morgan fingerprint density at radius 1 is 1.37 bits per heavy atom. The maximum Gasteiger partial charge on any atom is 0.211 e. The highest BCUT2D eigenvalue weighted by Crippen LogP contribution is 2.48. The molecule has 2 fully saturated rings. The summed E-state index contributed by atoms with van der Waals surface area (Å²) >= 11 is 0. The van der Waals surface area contributed by atoms with Gasteiger partial charge < -0.3 is 5.32 Å². The highest BCUT2D eigenvalue weighted by molar-refractivity contribution is 7.88. The van der Waals surface area contributed by atoms with Gasteiger partial charge in [0.2, 0.25) is 10.0 Å². The lowest BCUT2D eigenvalue weighted by Crippen LogP contribution is -2.43. The van der Waals surface area contributed by atoms with E-state index in [4.69, 9.17) is 0 Å². The van der Waals surface area contributed by atoms with Crippen molar-refractivity contribution in [2.45, 2.75) is 45.4 Å². The fourth-order valence-corrected chi connectivity index (χ4v) is 4.20. The van der Waals surface area contributed by atoms with E-state index in [-0.39, 0.29) is 0 Å². The molecule has 0 spiro atoms. The Labute approximate surface area is 118 Å². The van der Waals surface area contributed by atoms with E-state index >= 15 is 0 Å². The summed E-state index contributed by atoms with van der Waals surface area (Å²) in [6, 6.07) is 0. The molecule has 2 rings (SSSR count). The van der Waals surface area contributed by atoms with Crippen molar-refractivity contribution in [1.82, 2.24) is 9.62 Å². The first-order chi connectivity index (χ1) is 8.95. The lowest BCUT2D eigenvalue weighted by atomic mass is 9.98. The second-order valence-electron chi connectivity index (χ2n) is 6.51. The van der Waals surface area contributed by atoms with Crippen molar-refractivity contribution < 1.29 is 8.42 Å². The summed E-state index contributed by atoms with van der Waals surface area (Å²) in [5, 5.41) is 3.59. The molecule has 112 valence electrons. The van der Waals surface area contributed by atoms with Gasteiger partial charge in [0.1, 0.15) is 0 Å². The van der Waals surface area contributed by atoms with Crippen LogP contribution in [0.25, 0.3) is 0 Å². The highest BCUT2D eigenvalue weighted by atomic mass is 32.2. The van der Waals surface area contributed by atoms with E-state index in [1.54, 1.807) is 4.31 Å². The zero-order valence-corrected chi connectivity index (χ0v) is 13.1. The van der Waals surface area contributed by atoms with Crippen LogP contribution in [0, 0.1) is 11.3 Å². The average molecular weight is 288 g/mol. The molecule has 0 aromatic rings. The largest absolute Gasteiger partial charge is 0.316 e. The molecule has 0 bridgehead atoms. The van der Waals surface area contributed by atoms with Gasteiger partial charge in [-0.3, -0.25) is 0 Å². The first-order valence-electron chi connectivity index (χ1n) is 7.61. The monoisotopic (exact) mass is 288 g/mol. The van der Waals surface area contributed by atoms with Gasteiger partial charge in [0.25, 0.3) is 0 Å². The normalized spacial score (nSPS) is 27.4. The summed E-state index contributed by atoms with van der Waals surface area (Å²) < 4.78 is 24.8. The lowest BCUT2D eigenvalue weighted by molar-refractivity contribution is 0.256. The van der Waals surface area contributed by atoms with Crippen molar-refractivity contribution in [2.24, 2.45) is 11.3 Å². The quantitative estimate of drug-likeness (QED) is 0.777. The summed E-state index contributed by atoms with van der Waals surface area (Å²) in [5.74, 6) is 0.487. The van der Waals surface area contributed by atoms with E-state index in [1.807, 2.05) is 0 Å². The van der Waals surface area contributed by atoms with Crippen LogP contribution in [0.1, 0.15) is 45.4 Å². The van der Waals surface area contributed by atoms with Gasteiger partial charge in [-0.1, -0.05) is 13.3 Å². The Morgan fingerprint density at radius 2 is 2.11 bits per heavy atom. The number of piperidine rings is 1. The molecule has 1 saturated heterocycles. The molecule has 4 nitrogen and oxygen atoms in total. The van der Waals surface area contributed by atoms with Gasteiger partial charge in [0, 0.05) is 19.6 Å². The average Bonchev–Trinajstić information content (AvgIpc) is 3.09. The van der Waals surface area contributed by atoms with Gasteiger partial charge in [-0.2, -0.15) is 0 Å². The number of rotatable bonds is 7. The molecule has 5 heteroatoms. The van der Waals surface area contributed by atoms with E-state index in [0.29, 0.717) is 24.4 Å². The van der Waals surface area contributed by atoms with Gasteiger partial charge in [-0.25, -0.2) is 12.7 Å². The van der Waals surface area contributed by atoms with Crippen molar-refractivity contribution in [1.29, 1.82) is 0 Å². The fraction of sp³-hybridized carbons (Fsp3) is 1.00. The molecule has 0 aromatic heterocycles. The van der Waals surface area contributed by atoms with Gasteiger partial charge >= 0.3 is 0 Å². The minimum absolute atomic E-state index is 0.487. The fourth-order valence-electron chi connectivity index (χ4n) is 3.26. The second kappa shape index (κ2) is 6.10. The van der Waals surface area contributed by atoms with E-state index in [2.05, 4.69) is 12.2 Å². The molecule has 2 aliphatic rings. The Kier molecular flexibility index (Phi) is 4.90. The van der Waals surface area contributed by atoms with Gasteiger partial charge in [-0.05, 0) is 50.0 Å². The minimum atomic E-state index is -3.00. The van der Waals surface area contributed by atoms with E-state index < -0.39 is 10.0 Å². The summed E-state index contributed by atoms with van der Waals surface area (Å²) in [5.41, 5.74) is 0.583. The number of hydrogen-bond donors (Lipinski definition) is 1. The van der Waals surface area contributed by atoms with Crippen LogP contribution in [0.3, 0.4) is 0 Å². The third-order valence-corrected chi connectivity index (χ3v) is 5.89. The first kappa shape index (κ1) is 15.3. The van der Waals surface area contributed by atoms with Crippen LogP contribution >= 0.6 is 0 Å². The molecule has 0 radical (unpaired) electrons. The molecular formula is C14H28N2O2S. The zero-order valence-electron chi connectivity index (χ0n) is 12.3. The van der Waals surface area contributed by atoms with Crippen LogP contribution in [-0.4, -0.2) is 45.2 Å². The van der Waals surface area contributed by atoms with Crippen molar-refractivity contribution in [3.05, 3.63) is 0 Å². The number of hydrogen-bond acceptors (Lipinski definition) is 3. The topological polar surface area (TPSA) is 49.4 Å². The van der Waals surface area contributed by atoms with Crippen molar-refractivity contribution in [3.63, 3.8) is 0 Å². The summed E-state index contributed by atoms with van der Waals surface area (Å²) in [6.45, 7) is 5.75. The molecule has 1 saturated carbocycles. The molecule has 1 heterocycles. The van der Waals surface area contributed by atoms with Crippen molar-refractivity contribution in [2.75, 3.05) is 32.4 Å². The molecular weight excluding hydrogens is 260 g/mol. The van der Waals surface area contributed by atoms with Gasteiger partial charge in [0.15, 0.2) is 0 Å². The second-order valence-corrected chi connectivity index (χ2v) is 8.49. The maximum absolute atomic E-state index is 11.6. The Morgan fingerprint density at radius 3 is 2.68 bits per heavy atom. The van der Waals surface area contributed by atoms with E-state index in [1.165, 1.54) is 31.9 Å². The molecule has 1 unspecified atom stereocenters. The standard InChI is InChI=1S/C14H28N2O2S/c1-3-6-14(7-8-14)12-15-10-13-5-4-9-16(11-13)19(2,17)18/h13,15H,3-12H2,1-2H3. The Hall–Kier alpha value is -0.130. The minimum Gasteiger partial charge on any atom is -0.316 e. The zero-order chi connectivity index (χ0) is 13.9. The highest BCUT2D eigenvalue weighted by Gasteiger charge is 2.40. The number of nitrogens with zero attached hydrogens (tertiary/aromatic N) is 1. The lowest BCUT2D eigenvalue weighted by Gasteiger charge is -2.31. The van der Waals surface area contributed by atoms with Crippen LogP contribution in [-0.2, 0) is 10.0 Å². The summed E-state index contributed by atoms with van der Waals surface area (Å²) in [6.07, 6.45) is 8.82. The third kappa shape index (κ3) is 4.43. The van der Waals surface area contributed by atoms with E-state index in [0.717, 1.165) is 25.9 Å². The van der Waals surface area contributed by atoms with Crippen LogP contribution in [0.2, 0.25) is 0 Å². The van der Waals surface area contributed by atoms with Crippen LogP contribution in [0.15, 0.2) is 0 Å². The van der Waals surface area contributed by atoms with Crippen LogP contribution < -0.4 is 5.32 Å². The maximum atomic E-state index is 11.6. The number of sulfonamides is 1. The predicted molar refractivity (Wildman–Crippen MR) is 78.6 cm³/mol. The summed E-state index contributed by atoms with van der Waals surface area (Å²) in [7, 11) is -3.00. The van der Waals surface area contributed by atoms with Crippen LogP contribution in [0.4, 0.5) is 0 Å². The van der Waals surface area contributed by atoms with Gasteiger partial charge in [0.05, 0.1) is 6.26 Å². The Balaban J connectivity index is 1.71. The SMILES string of the molecule is CCCC1(CNCC2CCCN(S(C)(=O)=O)C2)CC1. The number of nitrogens with one attached hydrogen (secondary N) is 1. The molecule has 1 atom stereocenters.